The summed E-state index contributed by atoms with van der Waals surface area (Å²) in [6.07, 6.45) is 1.08. The average Bonchev–Trinajstić information content (AvgIpc) is 2.55. The molecule has 1 aromatic rings. The molecule has 0 bridgehead atoms. The van der Waals surface area contributed by atoms with Crippen LogP contribution < -0.4 is 4.74 Å². The van der Waals surface area contributed by atoms with Gasteiger partial charge in [0.05, 0.1) is 6.61 Å². The van der Waals surface area contributed by atoms with Gasteiger partial charge in [0.1, 0.15) is 5.75 Å². The number of aryl methyl sites for hydroxylation is 2. The van der Waals surface area contributed by atoms with Crippen LogP contribution in [0.25, 0.3) is 0 Å². The Morgan fingerprint density at radius 3 is 2.54 bits per heavy atom. The third-order valence-corrected chi connectivity index (χ3v) is 2.19. The second kappa shape index (κ2) is 4.31. The smallest absolute Gasteiger partial charge is 0.123 e. The van der Waals surface area contributed by atoms with Gasteiger partial charge in [-0.15, -0.1) is 0 Å². The predicted octanol–water partition coefficient (Wildman–Crippen LogP) is 3.26. The second-order valence-electron chi connectivity index (χ2n) is 3.16. The van der Waals surface area contributed by atoms with Crippen molar-refractivity contribution >= 4 is 0 Å². The molecule has 0 saturated carbocycles. The zero-order valence-electron chi connectivity index (χ0n) is 8.98. The molecule has 1 nitrogen and oxygen atoms in total. The zero-order chi connectivity index (χ0) is 9.84. The number of fused-ring (bicyclic) bond motifs is 1. The standard InChI is InChI=1S/C10H12O.C2H6/c1-7-5-8(2)9-3-4-11-10(9)6-7;1-2/h5-6H,3-4H2,1-2H3;1-2H3. The Morgan fingerprint density at radius 2 is 1.85 bits per heavy atom. The van der Waals surface area contributed by atoms with E-state index in [1.54, 1.807) is 0 Å². The first-order chi connectivity index (χ1) is 6.27. The van der Waals surface area contributed by atoms with Crippen molar-refractivity contribution in [1.82, 2.24) is 0 Å². The number of hydrogen-bond acceptors (Lipinski definition) is 1. The van der Waals surface area contributed by atoms with Gasteiger partial charge in [0, 0.05) is 12.0 Å². The third-order valence-electron chi connectivity index (χ3n) is 2.19. The molecule has 0 saturated heterocycles. The van der Waals surface area contributed by atoms with Crippen LogP contribution >= 0.6 is 0 Å². The highest BCUT2D eigenvalue weighted by Gasteiger charge is 2.13. The normalized spacial score (nSPS) is 12.6. The predicted molar refractivity (Wildman–Crippen MR) is 56.5 cm³/mol. The van der Waals surface area contributed by atoms with Crippen LogP contribution in [0.3, 0.4) is 0 Å². The maximum Gasteiger partial charge on any atom is 0.123 e. The highest BCUT2D eigenvalue weighted by Crippen LogP contribution is 2.29. The Kier molecular flexibility index (Phi) is 3.35. The molecule has 0 radical (unpaired) electrons. The minimum atomic E-state index is 0.861. The van der Waals surface area contributed by atoms with Crippen molar-refractivity contribution < 1.29 is 4.74 Å². The van der Waals surface area contributed by atoms with Gasteiger partial charge in [-0.3, -0.25) is 0 Å². The second-order valence-corrected chi connectivity index (χ2v) is 3.16. The molecular weight excluding hydrogens is 160 g/mol. The summed E-state index contributed by atoms with van der Waals surface area (Å²) in [6, 6.07) is 4.34. The van der Waals surface area contributed by atoms with E-state index < -0.39 is 0 Å². The first kappa shape index (κ1) is 10.1. The molecule has 1 aromatic carbocycles. The first-order valence-electron chi connectivity index (χ1n) is 5.00. The van der Waals surface area contributed by atoms with E-state index in [1.807, 2.05) is 13.8 Å². The molecule has 1 heterocycles. The quantitative estimate of drug-likeness (QED) is 0.592. The van der Waals surface area contributed by atoms with Crippen molar-refractivity contribution in [3.8, 4) is 5.75 Å². The SMILES string of the molecule is CC.Cc1cc(C)c2c(c1)OCC2. The van der Waals surface area contributed by atoms with Crippen LogP contribution in [-0.2, 0) is 6.42 Å². The number of rotatable bonds is 0. The van der Waals surface area contributed by atoms with Gasteiger partial charge in [-0.2, -0.15) is 0 Å². The van der Waals surface area contributed by atoms with Crippen LogP contribution in [0.4, 0.5) is 0 Å². The average molecular weight is 178 g/mol. The summed E-state index contributed by atoms with van der Waals surface area (Å²) in [7, 11) is 0. The van der Waals surface area contributed by atoms with Gasteiger partial charge < -0.3 is 4.74 Å². The van der Waals surface area contributed by atoms with E-state index in [4.69, 9.17) is 4.74 Å². The molecule has 13 heavy (non-hydrogen) atoms. The molecule has 0 unspecified atom stereocenters. The van der Waals surface area contributed by atoms with E-state index in [2.05, 4.69) is 26.0 Å². The minimum absolute atomic E-state index is 0.861. The van der Waals surface area contributed by atoms with Crippen molar-refractivity contribution in [1.29, 1.82) is 0 Å². The van der Waals surface area contributed by atoms with Gasteiger partial charge in [-0.05, 0) is 31.0 Å². The van der Waals surface area contributed by atoms with Crippen molar-refractivity contribution in [2.75, 3.05) is 6.61 Å². The number of benzene rings is 1. The van der Waals surface area contributed by atoms with E-state index >= 15 is 0 Å². The van der Waals surface area contributed by atoms with Crippen LogP contribution in [0.5, 0.6) is 5.75 Å². The van der Waals surface area contributed by atoms with E-state index in [1.165, 1.54) is 16.7 Å². The molecule has 1 aliphatic rings. The lowest BCUT2D eigenvalue weighted by Crippen LogP contribution is -1.86. The molecule has 0 aliphatic carbocycles. The summed E-state index contributed by atoms with van der Waals surface area (Å²) in [4.78, 5) is 0. The van der Waals surface area contributed by atoms with Crippen LogP contribution in [0.1, 0.15) is 30.5 Å². The monoisotopic (exact) mass is 178 g/mol. The van der Waals surface area contributed by atoms with Crippen molar-refractivity contribution in [3.05, 3.63) is 28.8 Å². The van der Waals surface area contributed by atoms with Crippen LogP contribution in [0, 0.1) is 13.8 Å². The highest BCUT2D eigenvalue weighted by atomic mass is 16.5. The van der Waals surface area contributed by atoms with Crippen molar-refractivity contribution in [2.24, 2.45) is 0 Å². The minimum Gasteiger partial charge on any atom is -0.493 e. The maximum atomic E-state index is 5.46. The molecule has 0 amide bonds. The Labute approximate surface area is 80.7 Å². The lowest BCUT2D eigenvalue weighted by atomic mass is 10.0. The maximum absolute atomic E-state index is 5.46. The van der Waals surface area contributed by atoms with Crippen LogP contribution in [0.15, 0.2) is 12.1 Å². The van der Waals surface area contributed by atoms with E-state index in [-0.39, 0.29) is 0 Å². The number of ether oxygens (including phenoxy) is 1. The topological polar surface area (TPSA) is 9.23 Å². The third kappa shape index (κ3) is 2.03. The number of hydrogen-bond donors (Lipinski definition) is 0. The Hall–Kier alpha value is -0.980. The van der Waals surface area contributed by atoms with Gasteiger partial charge in [-0.1, -0.05) is 19.9 Å². The molecule has 1 aliphatic heterocycles. The molecule has 72 valence electrons. The summed E-state index contributed by atoms with van der Waals surface area (Å²) < 4.78 is 5.46. The molecule has 0 aromatic heterocycles. The molecule has 0 fully saturated rings. The summed E-state index contributed by atoms with van der Waals surface area (Å²) in [5.74, 6) is 1.10. The van der Waals surface area contributed by atoms with Gasteiger partial charge in [0.2, 0.25) is 0 Å². The van der Waals surface area contributed by atoms with Gasteiger partial charge in [-0.25, -0.2) is 0 Å². The largest absolute Gasteiger partial charge is 0.493 e. The first-order valence-corrected chi connectivity index (χ1v) is 5.00. The van der Waals surface area contributed by atoms with Crippen LogP contribution in [0.2, 0.25) is 0 Å². The van der Waals surface area contributed by atoms with E-state index in [0.717, 1.165) is 18.8 Å². The summed E-state index contributed by atoms with van der Waals surface area (Å²) in [5.41, 5.74) is 4.07. The van der Waals surface area contributed by atoms with Crippen molar-refractivity contribution in [2.45, 2.75) is 34.1 Å². The fourth-order valence-corrected chi connectivity index (χ4v) is 1.67. The molecule has 2 rings (SSSR count). The molecular formula is C12H18O. The van der Waals surface area contributed by atoms with Crippen LogP contribution in [-0.4, -0.2) is 6.61 Å². The molecule has 0 spiro atoms. The van der Waals surface area contributed by atoms with Gasteiger partial charge in [0.25, 0.3) is 0 Å². The lowest BCUT2D eigenvalue weighted by Gasteiger charge is -2.03. The van der Waals surface area contributed by atoms with E-state index in [0.29, 0.717) is 0 Å². The molecule has 0 atom stereocenters. The molecule has 0 N–H and O–H groups in total. The highest BCUT2D eigenvalue weighted by molar-refractivity contribution is 5.45. The van der Waals surface area contributed by atoms with Gasteiger partial charge >= 0.3 is 0 Å². The summed E-state index contributed by atoms with van der Waals surface area (Å²) in [6.45, 7) is 9.12. The molecule has 1 heteroatoms. The fraction of sp³-hybridized carbons (Fsp3) is 0.500. The van der Waals surface area contributed by atoms with E-state index in [9.17, 15) is 0 Å². The van der Waals surface area contributed by atoms with Crippen molar-refractivity contribution in [3.63, 3.8) is 0 Å². The van der Waals surface area contributed by atoms with Gasteiger partial charge in [0.15, 0.2) is 0 Å². The Bertz CT molecular complexity index is 289. The summed E-state index contributed by atoms with van der Waals surface area (Å²) in [5, 5.41) is 0. The lowest BCUT2D eigenvalue weighted by molar-refractivity contribution is 0.356. The Morgan fingerprint density at radius 1 is 1.15 bits per heavy atom. The fourth-order valence-electron chi connectivity index (χ4n) is 1.67. The zero-order valence-corrected chi connectivity index (χ0v) is 8.98. The Balaban J connectivity index is 0.000000396. The summed E-state index contributed by atoms with van der Waals surface area (Å²) >= 11 is 0.